The lowest BCUT2D eigenvalue weighted by Crippen LogP contribution is -2.41. The molecular formula is C10H11F2NO2S. The third-order valence-electron chi connectivity index (χ3n) is 2.60. The number of halogens is 2. The molecule has 1 aromatic carbocycles. The fourth-order valence-corrected chi connectivity index (χ4v) is 2.93. The topological polar surface area (TPSA) is 37.4 Å². The summed E-state index contributed by atoms with van der Waals surface area (Å²) in [6.07, 6.45) is 0. The van der Waals surface area contributed by atoms with Crippen LogP contribution < -0.4 is 4.90 Å². The standard InChI is InChI=1S/C10H11F2NO2S/c11-8-2-1-3-9(12)10(8)13-4-6-16(14,15)7-5-13/h1-3H,4-7H2. The van der Waals surface area contributed by atoms with Crippen molar-refractivity contribution in [2.75, 3.05) is 29.5 Å². The molecular weight excluding hydrogens is 236 g/mol. The summed E-state index contributed by atoms with van der Waals surface area (Å²) in [6.45, 7) is 0.278. The third-order valence-corrected chi connectivity index (χ3v) is 4.21. The van der Waals surface area contributed by atoms with Gasteiger partial charge in [-0.1, -0.05) is 6.07 Å². The van der Waals surface area contributed by atoms with E-state index in [1.54, 1.807) is 0 Å². The molecule has 0 radical (unpaired) electrons. The number of hydrogen-bond acceptors (Lipinski definition) is 3. The molecule has 0 saturated carbocycles. The first kappa shape index (κ1) is 11.3. The maximum Gasteiger partial charge on any atom is 0.153 e. The van der Waals surface area contributed by atoms with Crippen molar-refractivity contribution >= 4 is 15.5 Å². The summed E-state index contributed by atoms with van der Waals surface area (Å²) in [4.78, 5) is 1.44. The molecule has 0 spiro atoms. The van der Waals surface area contributed by atoms with Gasteiger partial charge in [0.15, 0.2) is 9.84 Å². The van der Waals surface area contributed by atoms with Gasteiger partial charge in [0.25, 0.3) is 0 Å². The quantitative estimate of drug-likeness (QED) is 0.748. The van der Waals surface area contributed by atoms with Crippen molar-refractivity contribution in [3.63, 3.8) is 0 Å². The molecule has 88 valence electrons. The number of sulfone groups is 1. The second-order valence-electron chi connectivity index (χ2n) is 3.71. The first-order valence-corrected chi connectivity index (χ1v) is 6.71. The number of anilines is 1. The van der Waals surface area contributed by atoms with E-state index in [4.69, 9.17) is 0 Å². The monoisotopic (exact) mass is 247 g/mol. The lowest BCUT2D eigenvalue weighted by atomic mass is 10.2. The second-order valence-corrected chi connectivity index (χ2v) is 6.01. The minimum atomic E-state index is -3.04. The van der Waals surface area contributed by atoms with Crippen LogP contribution in [0.25, 0.3) is 0 Å². The van der Waals surface area contributed by atoms with Crippen molar-refractivity contribution < 1.29 is 17.2 Å². The number of para-hydroxylation sites is 1. The minimum absolute atomic E-state index is 0.0548. The smallest absolute Gasteiger partial charge is 0.153 e. The first-order chi connectivity index (χ1) is 7.49. The molecule has 1 fully saturated rings. The Bertz CT molecular complexity index is 467. The zero-order valence-electron chi connectivity index (χ0n) is 8.49. The average Bonchev–Trinajstić information content (AvgIpc) is 2.20. The van der Waals surface area contributed by atoms with E-state index in [1.807, 2.05) is 0 Å². The molecule has 3 nitrogen and oxygen atoms in total. The second kappa shape index (κ2) is 4.01. The zero-order chi connectivity index (χ0) is 11.8. The number of benzene rings is 1. The van der Waals surface area contributed by atoms with E-state index >= 15 is 0 Å². The number of nitrogens with zero attached hydrogens (tertiary/aromatic N) is 1. The molecule has 0 N–H and O–H groups in total. The summed E-state index contributed by atoms with van der Waals surface area (Å²) in [5.41, 5.74) is -0.127. The maximum absolute atomic E-state index is 13.4. The van der Waals surface area contributed by atoms with Crippen molar-refractivity contribution in [1.82, 2.24) is 0 Å². The van der Waals surface area contributed by atoms with Crippen molar-refractivity contribution in [3.05, 3.63) is 29.8 Å². The SMILES string of the molecule is O=S1(=O)CCN(c2c(F)cccc2F)CC1. The van der Waals surface area contributed by atoms with Crippen LogP contribution in [-0.4, -0.2) is 33.0 Å². The summed E-state index contributed by atoms with van der Waals surface area (Å²) in [5.74, 6) is -1.42. The van der Waals surface area contributed by atoms with E-state index in [9.17, 15) is 17.2 Å². The molecule has 0 aliphatic carbocycles. The predicted molar refractivity (Wildman–Crippen MR) is 57.2 cm³/mol. The molecule has 0 unspecified atom stereocenters. The van der Waals surface area contributed by atoms with E-state index in [1.165, 1.54) is 23.1 Å². The summed E-state index contributed by atoms with van der Waals surface area (Å²) >= 11 is 0. The minimum Gasteiger partial charge on any atom is -0.365 e. The van der Waals surface area contributed by atoms with Crippen LogP contribution >= 0.6 is 0 Å². The van der Waals surface area contributed by atoms with Crippen LogP contribution in [-0.2, 0) is 9.84 Å². The van der Waals surface area contributed by atoms with Gasteiger partial charge in [-0.2, -0.15) is 0 Å². The molecule has 6 heteroatoms. The lowest BCUT2D eigenvalue weighted by Gasteiger charge is -2.29. The Morgan fingerprint density at radius 1 is 1.06 bits per heavy atom. The van der Waals surface area contributed by atoms with E-state index < -0.39 is 21.5 Å². The summed E-state index contributed by atoms with van der Waals surface area (Å²) < 4.78 is 49.2. The Kier molecular flexibility index (Phi) is 2.84. The molecule has 0 atom stereocenters. The van der Waals surface area contributed by atoms with Gasteiger partial charge >= 0.3 is 0 Å². The average molecular weight is 247 g/mol. The highest BCUT2D eigenvalue weighted by molar-refractivity contribution is 7.91. The van der Waals surface area contributed by atoms with Crippen LogP contribution in [0.3, 0.4) is 0 Å². The van der Waals surface area contributed by atoms with Crippen LogP contribution in [0.2, 0.25) is 0 Å². The molecule has 0 bridgehead atoms. The fraction of sp³-hybridized carbons (Fsp3) is 0.400. The summed E-state index contributed by atoms with van der Waals surface area (Å²) in [7, 11) is -3.04. The number of rotatable bonds is 1. The summed E-state index contributed by atoms with van der Waals surface area (Å²) in [6, 6.07) is 3.62. The van der Waals surface area contributed by atoms with Gasteiger partial charge in [-0.3, -0.25) is 0 Å². The predicted octanol–water partition coefficient (Wildman–Crippen LogP) is 1.20. The van der Waals surface area contributed by atoms with Crippen LogP contribution in [0, 0.1) is 11.6 Å². The van der Waals surface area contributed by atoms with E-state index in [-0.39, 0.29) is 30.3 Å². The molecule has 16 heavy (non-hydrogen) atoms. The van der Waals surface area contributed by atoms with Gasteiger partial charge in [-0.15, -0.1) is 0 Å². The molecule has 0 amide bonds. The van der Waals surface area contributed by atoms with Gasteiger partial charge in [0, 0.05) is 13.1 Å². The highest BCUT2D eigenvalue weighted by Crippen LogP contribution is 2.24. The number of hydrogen-bond donors (Lipinski definition) is 0. The summed E-state index contributed by atoms with van der Waals surface area (Å²) in [5, 5.41) is 0. The van der Waals surface area contributed by atoms with Crippen LogP contribution in [0.4, 0.5) is 14.5 Å². The Morgan fingerprint density at radius 3 is 2.06 bits per heavy atom. The fourth-order valence-electron chi connectivity index (χ4n) is 1.73. The van der Waals surface area contributed by atoms with Gasteiger partial charge < -0.3 is 4.90 Å². The van der Waals surface area contributed by atoms with Crippen molar-refractivity contribution in [2.45, 2.75) is 0 Å². The Morgan fingerprint density at radius 2 is 1.56 bits per heavy atom. The van der Waals surface area contributed by atoms with Gasteiger partial charge in [0.1, 0.15) is 17.3 Å². The van der Waals surface area contributed by atoms with Crippen molar-refractivity contribution in [1.29, 1.82) is 0 Å². The largest absolute Gasteiger partial charge is 0.365 e. The molecule has 1 aliphatic heterocycles. The molecule has 0 aromatic heterocycles. The molecule has 1 aromatic rings. The van der Waals surface area contributed by atoms with Gasteiger partial charge in [-0.25, -0.2) is 17.2 Å². The lowest BCUT2D eigenvalue weighted by molar-refractivity contribution is 0.562. The normalized spacial score (nSPS) is 19.8. The highest BCUT2D eigenvalue weighted by Gasteiger charge is 2.25. The van der Waals surface area contributed by atoms with E-state index in [2.05, 4.69) is 0 Å². The van der Waals surface area contributed by atoms with E-state index in [0.717, 1.165) is 0 Å². The van der Waals surface area contributed by atoms with Crippen LogP contribution in [0.5, 0.6) is 0 Å². The van der Waals surface area contributed by atoms with Gasteiger partial charge in [0.2, 0.25) is 0 Å². The van der Waals surface area contributed by atoms with E-state index in [0.29, 0.717) is 0 Å². The molecule has 1 aliphatic rings. The first-order valence-electron chi connectivity index (χ1n) is 4.89. The van der Waals surface area contributed by atoms with Crippen LogP contribution in [0.15, 0.2) is 18.2 Å². The zero-order valence-corrected chi connectivity index (χ0v) is 9.30. The Balaban J connectivity index is 2.27. The van der Waals surface area contributed by atoms with Crippen LogP contribution in [0.1, 0.15) is 0 Å². The molecule has 1 saturated heterocycles. The Labute approximate surface area is 92.6 Å². The Hall–Kier alpha value is -1.17. The van der Waals surface area contributed by atoms with Gasteiger partial charge in [-0.05, 0) is 12.1 Å². The molecule has 1 heterocycles. The van der Waals surface area contributed by atoms with Crippen molar-refractivity contribution in [3.8, 4) is 0 Å². The highest BCUT2D eigenvalue weighted by atomic mass is 32.2. The molecule has 2 rings (SSSR count). The van der Waals surface area contributed by atoms with Crippen molar-refractivity contribution in [2.24, 2.45) is 0 Å². The maximum atomic E-state index is 13.4. The van der Waals surface area contributed by atoms with Gasteiger partial charge in [0.05, 0.1) is 11.5 Å². The third kappa shape index (κ3) is 2.16.